The van der Waals surface area contributed by atoms with E-state index in [1.807, 2.05) is 36.4 Å². The summed E-state index contributed by atoms with van der Waals surface area (Å²) >= 11 is 6.22. The van der Waals surface area contributed by atoms with Crippen molar-refractivity contribution in [3.63, 3.8) is 0 Å². The van der Waals surface area contributed by atoms with Crippen molar-refractivity contribution in [2.75, 3.05) is 12.4 Å². The van der Waals surface area contributed by atoms with Crippen molar-refractivity contribution in [3.8, 4) is 17.2 Å². The van der Waals surface area contributed by atoms with Gasteiger partial charge in [0.1, 0.15) is 29.1 Å². The van der Waals surface area contributed by atoms with Crippen LogP contribution < -0.4 is 14.8 Å². The van der Waals surface area contributed by atoms with Gasteiger partial charge in [-0.15, -0.1) is 10.2 Å². The standard InChI is InChI=1S/C27H21ClN4O3/c1-34-26-14-10-21(16-23(26)28)32-30-24-13-9-20(15-25(24)31-32)29-27(33)19-7-11-22(12-8-19)35-17-18-5-3-2-4-6-18/h2-16H,17H2,1H3,(H,29,33). The van der Waals surface area contributed by atoms with Crippen molar-refractivity contribution in [1.82, 2.24) is 15.0 Å². The summed E-state index contributed by atoms with van der Waals surface area (Å²) in [7, 11) is 1.56. The molecule has 0 aliphatic carbocycles. The second-order valence-corrected chi connectivity index (χ2v) is 8.17. The number of carbonyl (C=O) groups is 1. The van der Waals surface area contributed by atoms with Crippen LogP contribution in [0.15, 0.2) is 91.0 Å². The van der Waals surface area contributed by atoms with Gasteiger partial charge in [-0.3, -0.25) is 4.79 Å². The van der Waals surface area contributed by atoms with Crippen LogP contribution in [0.5, 0.6) is 11.5 Å². The molecule has 0 unspecified atom stereocenters. The number of ether oxygens (including phenoxy) is 2. The SMILES string of the molecule is COc1ccc(-n2nc3ccc(NC(=O)c4ccc(OCc5ccccc5)cc4)cc3n2)cc1Cl. The second kappa shape index (κ2) is 9.87. The van der Waals surface area contributed by atoms with Crippen LogP contribution in [-0.4, -0.2) is 28.0 Å². The van der Waals surface area contributed by atoms with E-state index in [1.165, 1.54) is 4.80 Å². The minimum atomic E-state index is -0.228. The number of hydrogen-bond acceptors (Lipinski definition) is 5. The molecule has 5 aromatic rings. The zero-order valence-corrected chi connectivity index (χ0v) is 19.6. The number of rotatable bonds is 7. The number of carbonyl (C=O) groups excluding carboxylic acids is 1. The Labute approximate surface area is 206 Å². The Morgan fingerprint density at radius 3 is 2.43 bits per heavy atom. The summed E-state index contributed by atoms with van der Waals surface area (Å²) in [5.41, 5.74) is 4.25. The van der Waals surface area contributed by atoms with E-state index in [2.05, 4.69) is 15.5 Å². The zero-order chi connectivity index (χ0) is 24.2. The molecule has 0 bridgehead atoms. The van der Waals surface area contributed by atoms with Crippen LogP contribution in [0.3, 0.4) is 0 Å². The molecule has 1 aromatic heterocycles. The maximum absolute atomic E-state index is 12.7. The average molecular weight is 485 g/mol. The quantitative estimate of drug-likeness (QED) is 0.310. The minimum absolute atomic E-state index is 0.228. The molecule has 1 amide bonds. The molecule has 35 heavy (non-hydrogen) atoms. The van der Waals surface area contributed by atoms with Crippen molar-refractivity contribution in [1.29, 1.82) is 0 Å². The van der Waals surface area contributed by atoms with E-state index in [0.29, 0.717) is 51.1 Å². The summed E-state index contributed by atoms with van der Waals surface area (Å²) < 4.78 is 11.0. The number of halogens is 1. The Morgan fingerprint density at radius 2 is 1.69 bits per heavy atom. The molecule has 174 valence electrons. The summed E-state index contributed by atoms with van der Waals surface area (Å²) in [5.74, 6) is 1.04. The number of anilines is 1. The first kappa shape index (κ1) is 22.4. The van der Waals surface area contributed by atoms with Gasteiger partial charge >= 0.3 is 0 Å². The fourth-order valence-electron chi connectivity index (χ4n) is 3.53. The summed E-state index contributed by atoms with van der Waals surface area (Å²) in [6.45, 7) is 0.468. The zero-order valence-electron chi connectivity index (χ0n) is 18.8. The van der Waals surface area contributed by atoms with Gasteiger partial charge in [-0.1, -0.05) is 41.9 Å². The normalized spacial score (nSPS) is 10.8. The van der Waals surface area contributed by atoms with Crippen molar-refractivity contribution < 1.29 is 14.3 Å². The Kier molecular flexibility index (Phi) is 6.32. The lowest BCUT2D eigenvalue weighted by Gasteiger charge is -2.08. The van der Waals surface area contributed by atoms with Crippen molar-refractivity contribution in [2.45, 2.75) is 6.61 Å². The van der Waals surface area contributed by atoms with Gasteiger partial charge in [0, 0.05) is 11.3 Å². The van der Waals surface area contributed by atoms with Crippen molar-refractivity contribution in [3.05, 3.63) is 107 Å². The second-order valence-electron chi connectivity index (χ2n) is 7.76. The van der Waals surface area contributed by atoms with Gasteiger partial charge in [0.15, 0.2) is 0 Å². The van der Waals surface area contributed by atoms with Crippen LogP contribution >= 0.6 is 11.6 Å². The third kappa shape index (κ3) is 5.10. The minimum Gasteiger partial charge on any atom is -0.495 e. The summed E-state index contributed by atoms with van der Waals surface area (Å²) in [5, 5.41) is 12.4. The molecule has 0 atom stereocenters. The first-order chi connectivity index (χ1) is 17.1. The predicted octanol–water partition coefficient (Wildman–Crippen LogP) is 5.91. The van der Waals surface area contributed by atoms with Crippen LogP contribution in [0, 0.1) is 0 Å². The highest BCUT2D eigenvalue weighted by atomic mass is 35.5. The van der Waals surface area contributed by atoms with Crippen LogP contribution in [-0.2, 0) is 6.61 Å². The van der Waals surface area contributed by atoms with Crippen molar-refractivity contribution >= 4 is 34.2 Å². The van der Waals surface area contributed by atoms with E-state index in [-0.39, 0.29) is 5.91 Å². The fraction of sp³-hybridized carbons (Fsp3) is 0.0741. The number of methoxy groups -OCH3 is 1. The van der Waals surface area contributed by atoms with Gasteiger partial charge in [-0.25, -0.2) is 0 Å². The van der Waals surface area contributed by atoms with E-state index < -0.39 is 0 Å². The molecule has 0 radical (unpaired) electrons. The van der Waals surface area contributed by atoms with Crippen LogP contribution in [0.4, 0.5) is 5.69 Å². The molecule has 4 aromatic carbocycles. The van der Waals surface area contributed by atoms with Gasteiger partial charge in [-0.2, -0.15) is 4.80 Å². The highest BCUT2D eigenvalue weighted by Crippen LogP contribution is 2.27. The first-order valence-electron chi connectivity index (χ1n) is 10.9. The molecule has 0 aliphatic rings. The molecule has 0 saturated carbocycles. The largest absolute Gasteiger partial charge is 0.495 e. The van der Waals surface area contributed by atoms with E-state index in [1.54, 1.807) is 61.7 Å². The monoisotopic (exact) mass is 484 g/mol. The summed E-state index contributed by atoms with van der Waals surface area (Å²) in [6.07, 6.45) is 0. The van der Waals surface area contributed by atoms with Crippen LogP contribution in [0.2, 0.25) is 5.02 Å². The van der Waals surface area contributed by atoms with Crippen LogP contribution in [0.1, 0.15) is 15.9 Å². The number of nitrogens with one attached hydrogen (secondary N) is 1. The van der Waals surface area contributed by atoms with Gasteiger partial charge in [0.05, 0.1) is 17.8 Å². The number of fused-ring (bicyclic) bond motifs is 1. The molecule has 1 heterocycles. The van der Waals surface area contributed by atoms with Gasteiger partial charge in [0.25, 0.3) is 5.91 Å². The molecular weight excluding hydrogens is 464 g/mol. The Bertz CT molecular complexity index is 1480. The van der Waals surface area contributed by atoms with Gasteiger partial charge < -0.3 is 14.8 Å². The Balaban J connectivity index is 1.26. The van der Waals surface area contributed by atoms with E-state index in [9.17, 15) is 4.79 Å². The fourth-order valence-corrected chi connectivity index (χ4v) is 3.79. The van der Waals surface area contributed by atoms with E-state index in [4.69, 9.17) is 21.1 Å². The maximum atomic E-state index is 12.7. The molecule has 7 nitrogen and oxygen atoms in total. The lowest BCUT2D eigenvalue weighted by atomic mass is 10.2. The van der Waals surface area contributed by atoms with Crippen molar-refractivity contribution in [2.24, 2.45) is 0 Å². The predicted molar refractivity (Wildman–Crippen MR) is 136 cm³/mol. The third-order valence-electron chi connectivity index (χ3n) is 5.37. The molecule has 0 fully saturated rings. The van der Waals surface area contributed by atoms with E-state index in [0.717, 1.165) is 5.56 Å². The Morgan fingerprint density at radius 1 is 0.914 bits per heavy atom. The number of benzene rings is 4. The third-order valence-corrected chi connectivity index (χ3v) is 5.66. The number of nitrogens with zero attached hydrogens (tertiary/aromatic N) is 3. The molecule has 0 saturated heterocycles. The number of aromatic nitrogens is 3. The number of amides is 1. The van der Waals surface area contributed by atoms with Gasteiger partial charge in [-0.05, 0) is 66.2 Å². The number of hydrogen-bond donors (Lipinski definition) is 1. The molecule has 0 spiro atoms. The molecule has 8 heteroatoms. The van der Waals surface area contributed by atoms with Gasteiger partial charge in [0.2, 0.25) is 0 Å². The smallest absolute Gasteiger partial charge is 0.255 e. The molecular formula is C27H21ClN4O3. The molecule has 1 N–H and O–H groups in total. The lowest BCUT2D eigenvalue weighted by Crippen LogP contribution is -2.11. The maximum Gasteiger partial charge on any atom is 0.255 e. The Hall–Kier alpha value is -4.36. The topological polar surface area (TPSA) is 78.3 Å². The highest BCUT2D eigenvalue weighted by molar-refractivity contribution is 6.32. The molecule has 5 rings (SSSR count). The van der Waals surface area contributed by atoms with Crippen LogP contribution in [0.25, 0.3) is 16.7 Å². The highest BCUT2D eigenvalue weighted by Gasteiger charge is 2.11. The molecule has 0 aliphatic heterocycles. The first-order valence-corrected chi connectivity index (χ1v) is 11.3. The van der Waals surface area contributed by atoms with E-state index >= 15 is 0 Å². The average Bonchev–Trinajstić information content (AvgIpc) is 3.32. The lowest BCUT2D eigenvalue weighted by molar-refractivity contribution is 0.102. The summed E-state index contributed by atoms with van der Waals surface area (Å²) in [6, 6.07) is 27.6. The summed E-state index contributed by atoms with van der Waals surface area (Å²) in [4.78, 5) is 14.2.